The molecule has 1 fully saturated rings. The maximum absolute atomic E-state index is 13.1. The van der Waals surface area contributed by atoms with E-state index in [4.69, 9.17) is 20.6 Å². The normalized spacial score (nSPS) is 25.7. The molecule has 1 aliphatic heterocycles. The van der Waals surface area contributed by atoms with Gasteiger partial charge in [0, 0.05) is 19.4 Å². The number of carbonyl (C=O) groups is 1. The molecule has 3 rings (SSSR count). The summed E-state index contributed by atoms with van der Waals surface area (Å²) in [5, 5.41) is 0. The van der Waals surface area contributed by atoms with Gasteiger partial charge in [-0.3, -0.25) is 4.90 Å². The molecular weight excluding hydrogens is 339 g/mol. The van der Waals surface area contributed by atoms with E-state index in [-0.39, 0.29) is 24.6 Å². The monoisotopic (exact) mass is 362 g/mol. The molecule has 1 aliphatic carbocycles. The van der Waals surface area contributed by atoms with E-state index in [1.807, 2.05) is 0 Å². The van der Waals surface area contributed by atoms with Crippen molar-refractivity contribution in [2.45, 2.75) is 64.3 Å². The third-order valence-electron chi connectivity index (χ3n) is 4.23. The Labute approximate surface area is 152 Å². The highest BCUT2D eigenvalue weighted by Crippen LogP contribution is 2.42. The molecule has 2 heterocycles. The quantitative estimate of drug-likeness (QED) is 0.757. The van der Waals surface area contributed by atoms with Crippen LogP contribution in [0.15, 0.2) is 12.1 Å². The van der Waals surface area contributed by atoms with Crippen molar-refractivity contribution in [3.63, 3.8) is 0 Å². The average Bonchev–Trinajstić information content (AvgIpc) is 2.89. The number of alkyl halides is 1. The molecule has 6 nitrogen and oxygen atoms in total. The van der Waals surface area contributed by atoms with Gasteiger partial charge in [-0.1, -0.05) is 5.92 Å². The van der Waals surface area contributed by atoms with Crippen LogP contribution in [0, 0.1) is 12.3 Å². The largest absolute Gasteiger partial charge is 0.444 e. The molecule has 0 spiro atoms. The fourth-order valence-electron chi connectivity index (χ4n) is 3.31. The maximum atomic E-state index is 13.1. The van der Waals surface area contributed by atoms with Crippen molar-refractivity contribution >= 4 is 6.09 Å². The average molecular weight is 362 g/mol. The second-order valence-electron chi connectivity index (χ2n) is 7.44. The van der Waals surface area contributed by atoms with Gasteiger partial charge in [-0.05, 0) is 32.4 Å². The summed E-state index contributed by atoms with van der Waals surface area (Å²) in [5.74, 6) is 2.81. The van der Waals surface area contributed by atoms with Gasteiger partial charge in [0.25, 0.3) is 0 Å². The van der Waals surface area contributed by atoms with Gasteiger partial charge in [-0.15, -0.1) is 6.42 Å². The van der Waals surface area contributed by atoms with Crippen LogP contribution < -0.4 is 4.74 Å². The molecule has 7 heteroatoms. The van der Waals surface area contributed by atoms with Gasteiger partial charge >= 0.3 is 6.09 Å². The molecule has 2 aliphatic rings. The Morgan fingerprint density at radius 3 is 2.85 bits per heavy atom. The van der Waals surface area contributed by atoms with Crippen molar-refractivity contribution in [3.05, 3.63) is 23.4 Å². The van der Waals surface area contributed by atoms with Crippen molar-refractivity contribution in [2.24, 2.45) is 0 Å². The zero-order valence-electron chi connectivity index (χ0n) is 15.4. The van der Waals surface area contributed by atoms with Crippen LogP contribution in [-0.2, 0) is 15.9 Å². The number of terminal acetylenes is 1. The zero-order valence-corrected chi connectivity index (χ0v) is 15.4. The summed E-state index contributed by atoms with van der Waals surface area (Å²) in [6, 6.07) is 2.45. The summed E-state index contributed by atoms with van der Waals surface area (Å²) in [5.41, 5.74) is 0.891. The minimum absolute atomic E-state index is 0.203. The molecule has 0 radical (unpaired) electrons. The Hall–Kier alpha value is -2.33. The van der Waals surface area contributed by atoms with Gasteiger partial charge in [-0.2, -0.15) is 0 Å². The van der Waals surface area contributed by atoms with Crippen molar-refractivity contribution in [1.82, 2.24) is 9.88 Å². The summed E-state index contributed by atoms with van der Waals surface area (Å²) in [7, 11) is 0. The molecule has 0 N–H and O–H groups in total. The summed E-state index contributed by atoms with van der Waals surface area (Å²) in [4.78, 5) is 18.7. The van der Waals surface area contributed by atoms with Crippen LogP contribution in [0.25, 0.3) is 0 Å². The predicted molar refractivity (Wildman–Crippen MR) is 92.3 cm³/mol. The van der Waals surface area contributed by atoms with E-state index in [1.54, 1.807) is 37.8 Å². The van der Waals surface area contributed by atoms with Gasteiger partial charge in [-0.25, -0.2) is 14.2 Å². The van der Waals surface area contributed by atoms with E-state index in [9.17, 15) is 9.18 Å². The molecule has 1 aromatic heterocycles. The number of ether oxygens (including phenoxy) is 3. The molecule has 0 saturated carbocycles. The Morgan fingerprint density at radius 1 is 1.50 bits per heavy atom. The van der Waals surface area contributed by atoms with Crippen LogP contribution in [0.2, 0.25) is 0 Å². The maximum Gasteiger partial charge on any atom is 0.411 e. The first-order valence-electron chi connectivity index (χ1n) is 8.59. The highest BCUT2D eigenvalue weighted by molar-refractivity contribution is 5.70. The lowest BCUT2D eigenvalue weighted by molar-refractivity contribution is -0.0853. The minimum atomic E-state index is -1.45. The second kappa shape index (κ2) is 6.76. The van der Waals surface area contributed by atoms with Gasteiger partial charge < -0.3 is 14.2 Å². The molecule has 4 atom stereocenters. The summed E-state index contributed by atoms with van der Waals surface area (Å²) in [6.07, 6.45) is 3.91. The van der Waals surface area contributed by atoms with Crippen LogP contribution in [0.4, 0.5) is 9.18 Å². The van der Waals surface area contributed by atoms with Gasteiger partial charge in [0.1, 0.15) is 11.6 Å². The Bertz CT molecular complexity index is 738. The smallest absolute Gasteiger partial charge is 0.411 e. The SMILES string of the molecule is C#C[C@@H]1CO[C@H]2Cc3nc(OC(C)F)ccc3[C@H]2N1C(=O)OC(C)(C)C. The summed E-state index contributed by atoms with van der Waals surface area (Å²) >= 11 is 0. The zero-order chi connectivity index (χ0) is 19.1. The standard InChI is InChI=1S/C19H23FN2O4/c1-6-12-10-24-15-9-14-13(7-8-16(21-14)25-11(2)20)17(15)22(12)18(23)26-19(3,4)5/h1,7-8,11-12,15,17H,9-10H2,2-5H3/t11?,12-,15+,17-/m1/s1. The van der Waals surface area contributed by atoms with E-state index in [0.29, 0.717) is 12.1 Å². The van der Waals surface area contributed by atoms with E-state index >= 15 is 0 Å². The number of fused-ring (bicyclic) bond motifs is 3. The molecule has 26 heavy (non-hydrogen) atoms. The Morgan fingerprint density at radius 2 is 2.23 bits per heavy atom. The molecular formula is C19H23FN2O4. The van der Waals surface area contributed by atoms with Crippen LogP contribution in [0.5, 0.6) is 5.88 Å². The van der Waals surface area contributed by atoms with Crippen LogP contribution in [-0.4, -0.2) is 46.7 Å². The van der Waals surface area contributed by atoms with E-state index in [1.165, 1.54) is 6.92 Å². The minimum Gasteiger partial charge on any atom is -0.444 e. The number of carbonyl (C=O) groups excluding carboxylic acids is 1. The first-order valence-corrected chi connectivity index (χ1v) is 8.59. The fraction of sp³-hybridized carbons (Fsp3) is 0.579. The van der Waals surface area contributed by atoms with E-state index in [0.717, 1.165) is 5.56 Å². The molecule has 0 bridgehead atoms. The number of hydrogen-bond donors (Lipinski definition) is 0. The number of rotatable bonds is 2. The number of aromatic nitrogens is 1. The van der Waals surface area contributed by atoms with Crippen molar-refractivity contribution in [3.8, 4) is 18.2 Å². The first-order chi connectivity index (χ1) is 12.2. The molecule has 1 saturated heterocycles. The van der Waals surface area contributed by atoms with Crippen LogP contribution in [0.1, 0.15) is 45.0 Å². The van der Waals surface area contributed by atoms with Gasteiger partial charge in [0.15, 0.2) is 0 Å². The first kappa shape index (κ1) is 18.5. The van der Waals surface area contributed by atoms with E-state index in [2.05, 4.69) is 10.9 Å². The molecule has 0 aromatic carbocycles. The highest BCUT2D eigenvalue weighted by Gasteiger charge is 2.47. The Balaban J connectivity index is 1.94. The Kier molecular flexibility index (Phi) is 4.80. The van der Waals surface area contributed by atoms with Gasteiger partial charge in [0.2, 0.25) is 12.2 Å². The van der Waals surface area contributed by atoms with Crippen LogP contribution in [0.3, 0.4) is 0 Å². The number of halogens is 1. The van der Waals surface area contributed by atoms with Gasteiger partial charge in [0.05, 0.1) is 24.4 Å². The lowest BCUT2D eigenvalue weighted by Crippen LogP contribution is -2.53. The lowest BCUT2D eigenvalue weighted by Gasteiger charge is -2.42. The fourth-order valence-corrected chi connectivity index (χ4v) is 3.31. The molecule has 140 valence electrons. The second-order valence-corrected chi connectivity index (χ2v) is 7.44. The highest BCUT2D eigenvalue weighted by atomic mass is 19.1. The lowest BCUT2D eigenvalue weighted by atomic mass is 10.0. The third kappa shape index (κ3) is 3.61. The predicted octanol–water partition coefficient (Wildman–Crippen LogP) is 3.01. The number of amides is 1. The molecule has 1 amide bonds. The third-order valence-corrected chi connectivity index (χ3v) is 4.23. The number of nitrogens with zero attached hydrogens (tertiary/aromatic N) is 2. The summed E-state index contributed by atoms with van der Waals surface area (Å²) in [6.45, 7) is 6.94. The van der Waals surface area contributed by atoms with Crippen molar-refractivity contribution in [2.75, 3.05) is 6.61 Å². The molecule has 1 aromatic rings. The van der Waals surface area contributed by atoms with Crippen LogP contribution >= 0.6 is 0 Å². The van der Waals surface area contributed by atoms with Crippen molar-refractivity contribution in [1.29, 1.82) is 0 Å². The number of pyridine rings is 1. The number of morpholine rings is 1. The van der Waals surface area contributed by atoms with E-state index < -0.39 is 24.1 Å². The topological polar surface area (TPSA) is 60.9 Å². The van der Waals surface area contributed by atoms with Crippen molar-refractivity contribution < 1.29 is 23.4 Å². The summed E-state index contributed by atoms with van der Waals surface area (Å²) < 4.78 is 29.5. The molecule has 1 unspecified atom stereocenters. The number of hydrogen-bond acceptors (Lipinski definition) is 5.